The van der Waals surface area contributed by atoms with Crippen LogP contribution in [0.25, 0.3) is 11.0 Å². The highest BCUT2D eigenvalue weighted by Gasteiger charge is 2.41. The van der Waals surface area contributed by atoms with Crippen molar-refractivity contribution in [3.63, 3.8) is 0 Å². The number of nitrogens with zero attached hydrogens (tertiary/aromatic N) is 2. The second-order valence-electron chi connectivity index (χ2n) is 6.17. The lowest BCUT2D eigenvalue weighted by Crippen LogP contribution is -2.16. The molecule has 106 valence electrons. The van der Waals surface area contributed by atoms with Gasteiger partial charge in [0.1, 0.15) is 5.82 Å². The first-order chi connectivity index (χ1) is 9.63. The van der Waals surface area contributed by atoms with Crippen molar-refractivity contribution >= 4 is 28.6 Å². The summed E-state index contributed by atoms with van der Waals surface area (Å²) in [5, 5.41) is 0.132. The highest BCUT2D eigenvalue weighted by atomic mass is 35.5. The van der Waals surface area contributed by atoms with Gasteiger partial charge in [0.05, 0.1) is 16.1 Å². The molecular weight excluding hydrogens is 277 g/mol. The zero-order chi connectivity index (χ0) is 13.9. The van der Waals surface area contributed by atoms with E-state index < -0.39 is 5.82 Å². The summed E-state index contributed by atoms with van der Waals surface area (Å²) >= 11 is 5.90. The number of benzene rings is 1. The zero-order valence-electron chi connectivity index (χ0n) is 11.1. The molecule has 4 rings (SSSR count). The van der Waals surface area contributed by atoms with Crippen LogP contribution < -0.4 is 5.73 Å². The van der Waals surface area contributed by atoms with Gasteiger partial charge in [0.2, 0.25) is 5.95 Å². The fraction of sp³-hybridized carbons (Fsp3) is 0.533. The summed E-state index contributed by atoms with van der Waals surface area (Å²) in [5.41, 5.74) is 7.47. The topological polar surface area (TPSA) is 43.8 Å². The summed E-state index contributed by atoms with van der Waals surface area (Å²) in [6, 6.07) is 3.01. The molecule has 0 bridgehead atoms. The van der Waals surface area contributed by atoms with E-state index in [9.17, 15) is 4.39 Å². The fourth-order valence-electron chi connectivity index (χ4n) is 3.27. The fourth-order valence-corrected chi connectivity index (χ4v) is 3.43. The summed E-state index contributed by atoms with van der Waals surface area (Å²) in [6.45, 7) is 0.889. The molecule has 20 heavy (non-hydrogen) atoms. The van der Waals surface area contributed by atoms with Gasteiger partial charge in [0.15, 0.2) is 0 Å². The number of nitrogens with two attached hydrogens (primary N) is 1. The third kappa shape index (κ3) is 2.06. The number of fused-ring (bicyclic) bond motifs is 1. The molecule has 0 spiro atoms. The van der Waals surface area contributed by atoms with Crippen molar-refractivity contribution in [2.24, 2.45) is 17.8 Å². The van der Waals surface area contributed by atoms with Gasteiger partial charge in [-0.2, -0.15) is 0 Å². The Morgan fingerprint density at radius 1 is 1.30 bits per heavy atom. The number of aromatic nitrogens is 2. The Morgan fingerprint density at radius 2 is 1.95 bits per heavy atom. The Kier molecular flexibility index (Phi) is 2.71. The molecule has 1 aromatic heterocycles. The van der Waals surface area contributed by atoms with Crippen LogP contribution in [0, 0.1) is 23.6 Å². The second kappa shape index (κ2) is 4.35. The van der Waals surface area contributed by atoms with E-state index in [-0.39, 0.29) is 5.02 Å². The Bertz CT molecular complexity index is 661. The van der Waals surface area contributed by atoms with Crippen LogP contribution in [0.1, 0.15) is 25.7 Å². The maximum Gasteiger partial charge on any atom is 0.201 e. The van der Waals surface area contributed by atoms with Gasteiger partial charge >= 0.3 is 0 Å². The van der Waals surface area contributed by atoms with Crippen LogP contribution in [0.4, 0.5) is 10.3 Å². The smallest absolute Gasteiger partial charge is 0.201 e. The van der Waals surface area contributed by atoms with Gasteiger partial charge in [-0.15, -0.1) is 0 Å². The summed E-state index contributed by atoms with van der Waals surface area (Å²) in [7, 11) is 0. The van der Waals surface area contributed by atoms with Crippen LogP contribution in [0.2, 0.25) is 5.02 Å². The van der Waals surface area contributed by atoms with E-state index >= 15 is 0 Å². The molecule has 2 fully saturated rings. The average molecular weight is 294 g/mol. The van der Waals surface area contributed by atoms with E-state index in [2.05, 4.69) is 4.98 Å². The van der Waals surface area contributed by atoms with Gasteiger partial charge in [-0.3, -0.25) is 0 Å². The molecule has 0 aliphatic heterocycles. The van der Waals surface area contributed by atoms with E-state index in [1.807, 2.05) is 4.57 Å². The van der Waals surface area contributed by atoms with E-state index in [1.54, 1.807) is 6.07 Å². The Morgan fingerprint density at radius 3 is 2.55 bits per heavy atom. The summed E-state index contributed by atoms with van der Waals surface area (Å²) in [6.07, 6.45) is 5.35. The number of imidazole rings is 1. The number of hydrogen-bond acceptors (Lipinski definition) is 2. The van der Waals surface area contributed by atoms with Crippen molar-refractivity contribution in [1.29, 1.82) is 0 Å². The predicted octanol–water partition coefficient (Wildman–Crippen LogP) is 3.85. The minimum absolute atomic E-state index is 0.132. The average Bonchev–Trinajstić information content (AvgIpc) is 3.28. The lowest BCUT2D eigenvalue weighted by molar-refractivity contribution is 0.355. The zero-order valence-corrected chi connectivity index (χ0v) is 11.9. The number of nitrogen functional groups attached to an aromatic ring is 1. The van der Waals surface area contributed by atoms with Gasteiger partial charge in [-0.05, 0) is 49.5 Å². The van der Waals surface area contributed by atoms with Crippen LogP contribution in [-0.4, -0.2) is 9.55 Å². The molecule has 2 N–H and O–H groups in total. The van der Waals surface area contributed by atoms with Gasteiger partial charge in [-0.1, -0.05) is 11.6 Å². The first-order valence-electron chi connectivity index (χ1n) is 7.24. The number of anilines is 1. The summed E-state index contributed by atoms with van der Waals surface area (Å²) < 4.78 is 15.5. The van der Waals surface area contributed by atoms with Crippen molar-refractivity contribution < 1.29 is 4.39 Å². The highest BCUT2D eigenvalue weighted by molar-refractivity contribution is 6.31. The van der Waals surface area contributed by atoms with Crippen LogP contribution in [-0.2, 0) is 6.54 Å². The van der Waals surface area contributed by atoms with Crippen molar-refractivity contribution in [1.82, 2.24) is 9.55 Å². The third-order valence-electron chi connectivity index (χ3n) is 4.67. The normalized spacial score (nSPS) is 19.1. The van der Waals surface area contributed by atoms with Crippen molar-refractivity contribution in [3.05, 3.63) is 23.0 Å². The number of halogens is 2. The maximum absolute atomic E-state index is 13.5. The molecule has 0 unspecified atom stereocenters. The summed E-state index contributed by atoms with van der Waals surface area (Å²) in [4.78, 5) is 4.27. The van der Waals surface area contributed by atoms with Crippen LogP contribution in [0.15, 0.2) is 12.1 Å². The van der Waals surface area contributed by atoms with Gasteiger partial charge in [0.25, 0.3) is 0 Å². The van der Waals surface area contributed by atoms with Crippen LogP contribution in [0.3, 0.4) is 0 Å². The molecule has 3 nitrogen and oxygen atoms in total. The SMILES string of the molecule is Nc1nc2cc(F)c(Cl)cc2n1CC(C1CC1)C1CC1. The van der Waals surface area contributed by atoms with Gasteiger partial charge < -0.3 is 10.3 Å². The first kappa shape index (κ1) is 12.5. The minimum atomic E-state index is -0.440. The van der Waals surface area contributed by atoms with E-state index in [0.29, 0.717) is 17.4 Å². The molecule has 0 saturated heterocycles. The highest BCUT2D eigenvalue weighted by Crippen LogP contribution is 2.50. The molecular formula is C15H17ClFN3. The Balaban J connectivity index is 1.74. The third-order valence-corrected chi connectivity index (χ3v) is 4.96. The molecule has 2 aliphatic rings. The van der Waals surface area contributed by atoms with Gasteiger partial charge in [-0.25, -0.2) is 9.37 Å². The van der Waals surface area contributed by atoms with E-state index in [0.717, 1.165) is 23.9 Å². The summed E-state index contributed by atoms with van der Waals surface area (Å²) in [5.74, 6) is 2.40. The lowest BCUT2D eigenvalue weighted by atomic mass is 9.98. The molecule has 0 radical (unpaired) electrons. The predicted molar refractivity (Wildman–Crippen MR) is 78.1 cm³/mol. The number of rotatable bonds is 4. The number of hydrogen-bond donors (Lipinski definition) is 1. The minimum Gasteiger partial charge on any atom is -0.369 e. The van der Waals surface area contributed by atoms with Crippen LogP contribution in [0.5, 0.6) is 0 Å². The monoisotopic (exact) mass is 293 g/mol. The lowest BCUT2D eigenvalue weighted by Gasteiger charge is -2.17. The van der Waals surface area contributed by atoms with Crippen molar-refractivity contribution in [2.45, 2.75) is 32.2 Å². The van der Waals surface area contributed by atoms with Crippen molar-refractivity contribution in [3.8, 4) is 0 Å². The van der Waals surface area contributed by atoms with Gasteiger partial charge in [0, 0.05) is 12.6 Å². The van der Waals surface area contributed by atoms with E-state index in [4.69, 9.17) is 17.3 Å². The van der Waals surface area contributed by atoms with E-state index in [1.165, 1.54) is 31.7 Å². The molecule has 2 aromatic rings. The Labute approximate surface area is 121 Å². The van der Waals surface area contributed by atoms with Crippen LogP contribution >= 0.6 is 11.6 Å². The molecule has 1 heterocycles. The Hall–Kier alpha value is -1.29. The molecule has 0 atom stereocenters. The molecule has 1 aromatic carbocycles. The largest absolute Gasteiger partial charge is 0.369 e. The standard InChI is InChI=1S/C15H17ClFN3/c16-11-5-14-13(6-12(11)17)19-15(18)20(14)7-10(8-1-2-8)9-3-4-9/h5-6,8-10H,1-4,7H2,(H2,18,19). The maximum atomic E-state index is 13.5. The molecule has 0 amide bonds. The molecule has 2 saturated carbocycles. The first-order valence-corrected chi connectivity index (χ1v) is 7.62. The molecule has 2 aliphatic carbocycles. The second-order valence-corrected chi connectivity index (χ2v) is 6.58. The molecule has 5 heteroatoms. The van der Waals surface area contributed by atoms with Crippen molar-refractivity contribution in [2.75, 3.05) is 5.73 Å². The quantitative estimate of drug-likeness (QED) is 0.930.